The van der Waals surface area contributed by atoms with Gasteiger partial charge in [0.25, 0.3) is 0 Å². The fourth-order valence-corrected chi connectivity index (χ4v) is 1.76. The summed E-state index contributed by atoms with van der Waals surface area (Å²) in [7, 11) is 0. The second kappa shape index (κ2) is 4.82. The molecule has 1 fully saturated rings. The average molecular weight is 229 g/mol. The topological polar surface area (TPSA) is 75.6 Å². The van der Waals surface area contributed by atoms with Crippen molar-refractivity contribution in [3.8, 4) is 0 Å². The molecule has 0 spiro atoms. The molecule has 1 aliphatic rings. The van der Waals surface area contributed by atoms with Crippen molar-refractivity contribution in [3.05, 3.63) is 0 Å². The van der Waals surface area contributed by atoms with E-state index in [2.05, 4.69) is 5.32 Å². The lowest BCUT2D eigenvalue weighted by molar-refractivity contribution is -0.155. The van der Waals surface area contributed by atoms with Gasteiger partial charge in [-0.2, -0.15) is 0 Å². The Balaban J connectivity index is 2.34. The SMILES string of the molecule is CC(C)(C)OC(=O)C[C@@H]1CC[C@@H](C(=O)O)N1. The minimum absolute atomic E-state index is 0.0732. The molecule has 2 N–H and O–H groups in total. The van der Waals surface area contributed by atoms with Crippen molar-refractivity contribution < 1.29 is 19.4 Å². The highest BCUT2D eigenvalue weighted by Crippen LogP contribution is 2.17. The molecule has 1 heterocycles. The van der Waals surface area contributed by atoms with Crippen molar-refractivity contribution in [3.63, 3.8) is 0 Å². The van der Waals surface area contributed by atoms with Crippen molar-refractivity contribution in [2.24, 2.45) is 0 Å². The first-order valence-electron chi connectivity index (χ1n) is 5.48. The zero-order chi connectivity index (χ0) is 12.3. The van der Waals surface area contributed by atoms with Crippen LogP contribution in [0.4, 0.5) is 0 Å². The van der Waals surface area contributed by atoms with Gasteiger partial charge in [-0.1, -0.05) is 0 Å². The number of carbonyl (C=O) groups is 2. The maximum atomic E-state index is 11.5. The summed E-state index contributed by atoms with van der Waals surface area (Å²) >= 11 is 0. The van der Waals surface area contributed by atoms with Crippen LogP contribution in [0.15, 0.2) is 0 Å². The molecule has 0 aliphatic carbocycles. The zero-order valence-electron chi connectivity index (χ0n) is 9.95. The molecular formula is C11H19NO4. The van der Waals surface area contributed by atoms with Crippen LogP contribution in [-0.4, -0.2) is 34.7 Å². The Kier molecular flexibility index (Phi) is 3.91. The third kappa shape index (κ3) is 4.18. The second-order valence-electron chi connectivity index (χ2n) is 5.12. The Labute approximate surface area is 95.2 Å². The normalized spacial score (nSPS) is 25.4. The van der Waals surface area contributed by atoms with E-state index in [1.54, 1.807) is 0 Å². The monoisotopic (exact) mass is 229 g/mol. The first kappa shape index (κ1) is 13.0. The molecule has 92 valence electrons. The number of rotatable bonds is 3. The van der Waals surface area contributed by atoms with Gasteiger partial charge in [-0.15, -0.1) is 0 Å². The summed E-state index contributed by atoms with van der Waals surface area (Å²) in [6.07, 6.45) is 1.51. The molecule has 0 amide bonds. The zero-order valence-corrected chi connectivity index (χ0v) is 9.95. The van der Waals surface area contributed by atoms with Crippen LogP contribution in [0.2, 0.25) is 0 Å². The summed E-state index contributed by atoms with van der Waals surface area (Å²) in [5.74, 6) is -1.14. The summed E-state index contributed by atoms with van der Waals surface area (Å²) in [4.78, 5) is 22.2. The lowest BCUT2D eigenvalue weighted by Crippen LogP contribution is -2.37. The Hall–Kier alpha value is -1.10. The van der Waals surface area contributed by atoms with E-state index in [0.29, 0.717) is 12.8 Å². The molecule has 1 saturated heterocycles. The van der Waals surface area contributed by atoms with Crippen molar-refractivity contribution in [2.45, 2.75) is 57.7 Å². The number of aliphatic carboxylic acids is 1. The fraction of sp³-hybridized carbons (Fsp3) is 0.818. The van der Waals surface area contributed by atoms with Gasteiger partial charge in [0.15, 0.2) is 0 Å². The van der Waals surface area contributed by atoms with E-state index in [1.807, 2.05) is 20.8 Å². The standard InChI is InChI=1S/C11H19NO4/c1-11(2,3)16-9(13)6-7-4-5-8(12-7)10(14)15/h7-8,12H,4-6H2,1-3H3,(H,14,15)/t7-,8-/m0/s1. The van der Waals surface area contributed by atoms with Gasteiger partial charge in [0.1, 0.15) is 11.6 Å². The number of nitrogens with one attached hydrogen (secondary N) is 1. The lowest BCUT2D eigenvalue weighted by Gasteiger charge is -2.21. The summed E-state index contributed by atoms with van der Waals surface area (Å²) in [5.41, 5.74) is -0.484. The number of hydrogen-bond donors (Lipinski definition) is 2. The number of carboxylic acid groups (broad SMARTS) is 1. The molecule has 2 atom stereocenters. The smallest absolute Gasteiger partial charge is 0.320 e. The largest absolute Gasteiger partial charge is 0.480 e. The molecule has 0 aromatic heterocycles. The van der Waals surface area contributed by atoms with Gasteiger partial charge in [0, 0.05) is 6.04 Å². The van der Waals surface area contributed by atoms with E-state index in [4.69, 9.17) is 9.84 Å². The predicted octanol–water partition coefficient (Wildman–Crippen LogP) is 0.923. The first-order chi connectivity index (χ1) is 7.28. The molecule has 0 unspecified atom stereocenters. The average Bonchev–Trinajstić information content (AvgIpc) is 2.48. The van der Waals surface area contributed by atoms with Gasteiger partial charge in [-0.25, -0.2) is 0 Å². The van der Waals surface area contributed by atoms with Gasteiger partial charge < -0.3 is 15.2 Å². The van der Waals surface area contributed by atoms with Gasteiger partial charge in [0.05, 0.1) is 6.42 Å². The minimum Gasteiger partial charge on any atom is -0.480 e. The third-order valence-corrected chi connectivity index (χ3v) is 2.37. The quantitative estimate of drug-likeness (QED) is 0.704. The number of hydrogen-bond acceptors (Lipinski definition) is 4. The highest BCUT2D eigenvalue weighted by molar-refractivity contribution is 5.75. The molecule has 5 nitrogen and oxygen atoms in total. The second-order valence-corrected chi connectivity index (χ2v) is 5.12. The van der Waals surface area contributed by atoms with Gasteiger partial charge in [-0.3, -0.25) is 9.59 Å². The highest BCUT2D eigenvalue weighted by atomic mass is 16.6. The van der Waals surface area contributed by atoms with Crippen LogP contribution in [0.3, 0.4) is 0 Å². The number of carbonyl (C=O) groups excluding carboxylic acids is 1. The molecule has 5 heteroatoms. The number of ether oxygens (including phenoxy) is 1. The lowest BCUT2D eigenvalue weighted by atomic mass is 10.1. The summed E-state index contributed by atoms with van der Waals surface area (Å²) in [6.45, 7) is 5.44. The molecule has 1 rings (SSSR count). The minimum atomic E-state index is -0.855. The van der Waals surface area contributed by atoms with Crippen LogP contribution >= 0.6 is 0 Å². The Bertz CT molecular complexity index is 282. The van der Waals surface area contributed by atoms with Crippen LogP contribution in [0.5, 0.6) is 0 Å². The Morgan fingerprint density at radius 3 is 2.44 bits per heavy atom. The van der Waals surface area contributed by atoms with E-state index in [0.717, 1.165) is 0 Å². The number of esters is 1. The Morgan fingerprint density at radius 2 is 2.00 bits per heavy atom. The van der Waals surface area contributed by atoms with Crippen LogP contribution in [0, 0.1) is 0 Å². The molecule has 0 aromatic carbocycles. The molecule has 0 radical (unpaired) electrons. The van der Waals surface area contributed by atoms with Crippen molar-refractivity contribution in [1.29, 1.82) is 0 Å². The van der Waals surface area contributed by atoms with E-state index in [9.17, 15) is 9.59 Å². The highest BCUT2D eigenvalue weighted by Gasteiger charge is 2.31. The van der Waals surface area contributed by atoms with E-state index in [-0.39, 0.29) is 18.4 Å². The molecular weight excluding hydrogens is 210 g/mol. The Morgan fingerprint density at radius 1 is 1.38 bits per heavy atom. The third-order valence-electron chi connectivity index (χ3n) is 2.37. The van der Waals surface area contributed by atoms with Gasteiger partial charge >= 0.3 is 11.9 Å². The molecule has 1 aliphatic heterocycles. The van der Waals surface area contributed by atoms with Crippen molar-refractivity contribution >= 4 is 11.9 Å². The molecule has 16 heavy (non-hydrogen) atoms. The maximum Gasteiger partial charge on any atom is 0.320 e. The van der Waals surface area contributed by atoms with Crippen molar-refractivity contribution in [1.82, 2.24) is 5.32 Å². The van der Waals surface area contributed by atoms with E-state index < -0.39 is 17.6 Å². The van der Waals surface area contributed by atoms with Crippen LogP contribution in [-0.2, 0) is 14.3 Å². The predicted molar refractivity (Wildman–Crippen MR) is 58.0 cm³/mol. The molecule has 0 saturated carbocycles. The molecule has 0 bridgehead atoms. The first-order valence-corrected chi connectivity index (χ1v) is 5.48. The summed E-state index contributed by atoms with van der Waals surface area (Å²) in [6, 6.07) is -0.594. The van der Waals surface area contributed by atoms with Crippen LogP contribution in [0.1, 0.15) is 40.0 Å². The van der Waals surface area contributed by atoms with Crippen molar-refractivity contribution in [2.75, 3.05) is 0 Å². The van der Waals surface area contributed by atoms with E-state index in [1.165, 1.54) is 0 Å². The maximum absolute atomic E-state index is 11.5. The van der Waals surface area contributed by atoms with Gasteiger partial charge in [0.2, 0.25) is 0 Å². The van der Waals surface area contributed by atoms with Crippen LogP contribution < -0.4 is 5.32 Å². The van der Waals surface area contributed by atoms with Crippen LogP contribution in [0.25, 0.3) is 0 Å². The fourth-order valence-electron chi connectivity index (χ4n) is 1.76. The summed E-state index contributed by atoms with van der Waals surface area (Å²) in [5, 5.41) is 11.7. The molecule has 0 aromatic rings. The van der Waals surface area contributed by atoms with E-state index >= 15 is 0 Å². The van der Waals surface area contributed by atoms with Gasteiger partial charge in [-0.05, 0) is 33.6 Å². The number of carboxylic acids is 1. The summed E-state index contributed by atoms with van der Waals surface area (Å²) < 4.78 is 5.17.